The predicted molar refractivity (Wildman–Crippen MR) is 105 cm³/mol. The molecule has 0 aliphatic carbocycles. The summed E-state index contributed by atoms with van der Waals surface area (Å²) in [4.78, 5) is 26.3. The van der Waals surface area contributed by atoms with Gasteiger partial charge in [-0.2, -0.15) is 0 Å². The van der Waals surface area contributed by atoms with E-state index in [9.17, 15) is 9.59 Å². The van der Waals surface area contributed by atoms with Crippen molar-refractivity contribution >= 4 is 58.0 Å². The van der Waals surface area contributed by atoms with Crippen LogP contribution < -0.4 is 19.7 Å². The highest BCUT2D eigenvalue weighted by Gasteiger charge is 2.40. The van der Waals surface area contributed by atoms with Gasteiger partial charge in [0, 0.05) is 6.07 Å². The van der Waals surface area contributed by atoms with Gasteiger partial charge in [-0.3, -0.25) is 9.59 Å². The number of hydrogen-bond donors (Lipinski definition) is 1. The number of amides is 2. The minimum Gasteiger partial charge on any atom is -0.497 e. The molecule has 0 bridgehead atoms. The van der Waals surface area contributed by atoms with Gasteiger partial charge in [-0.25, -0.2) is 4.90 Å². The van der Waals surface area contributed by atoms with Gasteiger partial charge in [-0.05, 0) is 24.3 Å². The minimum atomic E-state index is -0.708. The van der Waals surface area contributed by atoms with Crippen molar-refractivity contribution in [3.8, 4) is 11.5 Å². The highest BCUT2D eigenvalue weighted by atomic mass is 35.5. The average Bonchev–Trinajstić information content (AvgIpc) is 2.88. The van der Waals surface area contributed by atoms with Crippen LogP contribution in [-0.4, -0.2) is 26.0 Å². The van der Waals surface area contributed by atoms with Crippen molar-refractivity contribution in [2.45, 2.75) is 0 Å². The number of methoxy groups -OCH3 is 2. The Balaban J connectivity index is 1.97. The maximum absolute atomic E-state index is 12.9. The summed E-state index contributed by atoms with van der Waals surface area (Å²) in [6.45, 7) is 0. The molecule has 2 aromatic rings. The summed E-state index contributed by atoms with van der Waals surface area (Å²) in [5.41, 5.74) is 0.489. The number of rotatable bonds is 5. The molecule has 0 saturated heterocycles. The van der Waals surface area contributed by atoms with Crippen LogP contribution in [0.3, 0.4) is 0 Å². The zero-order valence-electron chi connectivity index (χ0n) is 14.2. The molecule has 140 valence electrons. The Labute approximate surface area is 170 Å². The zero-order valence-corrected chi connectivity index (χ0v) is 16.4. The molecular weight excluding hydrogens is 415 g/mol. The minimum absolute atomic E-state index is 0.0774. The SMILES string of the molecule is COc1ccc(NC2=C(Cl)C(=O)N(c3cccc(Cl)c3Cl)C2=O)c(OC)c1. The summed E-state index contributed by atoms with van der Waals surface area (Å²) in [5.74, 6) is -0.391. The topological polar surface area (TPSA) is 67.9 Å². The zero-order chi connectivity index (χ0) is 19.7. The Hall–Kier alpha value is -2.41. The van der Waals surface area contributed by atoms with E-state index < -0.39 is 11.8 Å². The van der Waals surface area contributed by atoms with Gasteiger partial charge < -0.3 is 14.8 Å². The first-order valence-corrected chi connectivity index (χ1v) is 8.74. The van der Waals surface area contributed by atoms with Gasteiger partial charge in [-0.15, -0.1) is 0 Å². The first kappa shape index (κ1) is 19.4. The summed E-state index contributed by atoms with van der Waals surface area (Å²) in [5, 5.41) is 2.87. The van der Waals surface area contributed by atoms with Gasteiger partial charge in [0.05, 0.1) is 35.6 Å². The molecule has 0 atom stereocenters. The molecule has 1 N–H and O–H groups in total. The molecule has 0 aromatic heterocycles. The third kappa shape index (κ3) is 3.43. The van der Waals surface area contributed by atoms with E-state index in [0.717, 1.165) is 4.90 Å². The molecule has 0 spiro atoms. The number of carbonyl (C=O) groups is 2. The maximum atomic E-state index is 12.9. The van der Waals surface area contributed by atoms with Crippen LogP contribution in [0.5, 0.6) is 11.5 Å². The summed E-state index contributed by atoms with van der Waals surface area (Å²) >= 11 is 18.3. The molecule has 0 saturated carbocycles. The summed E-state index contributed by atoms with van der Waals surface area (Å²) < 4.78 is 10.4. The molecule has 6 nitrogen and oxygen atoms in total. The largest absolute Gasteiger partial charge is 0.497 e. The Kier molecular flexibility index (Phi) is 5.51. The fourth-order valence-corrected chi connectivity index (χ4v) is 3.12. The van der Waals surface area contributed by atoms with Crippen LogP contribution in [0.15, 0.2) is 47.1 Å². The summed E-state index contributed by atoms with van der Waals surface area (Å²) in [7, 11) is 2.99. The number of nitrogens with zero attached hydrogens (tertiary/aromatic N) is 1. The first-order valence-electron chi connectivity index (χ1n) is 7.60. The van der Waals surface area contributed by atoms with Crippen LogP contribution in [0.25, 0.3) is 0 Å². The van der Waals surface area contributed by atoms with E-state index in [0.29, 0.717) is 17.2 Å². The average molecular weight is 428 g/mol. The van der Waals surface area contributed by atoms with Crippen molar-refractivity contribution in [2.75, 3.05) is 24.4 Å². The van der Waals surface area contributed by atoms with Gasteiger partial charge in [0.1, 0.15) is 22.2 Å². The molecule has 27 heavy (non-hydrogen) atoms. The Morgan fingerprint density at radius 2 is 1.70 bits per heavy atom. The van der Waals surface area contributed by atoms with E-state index in [1.54, 1.807) is 30.3 Å². The fourth-order valence-electron chi connectivity index (χ4n) is 2.53. The maximum Gasteiger partial charge on any atom is 0.283 e. The number of benzene rings is 2. The van der Waals surface area contributed by atoms with Crippen molar-refractivity contribution in [3.63, 3.8) is 0 Å². The number of halogens is 3. The molecule has 0 radical (unpaired) electrons. The van der Waals surface area contributed by atoms with Crippen LogP contribution in [-0.2, 0) is 9.59 Å². The second kappa shape index (κ2) is 7.68. The van der Waals surface area contributed by atoms with E-state index in [4.69, 9.17) is 44.3 Å². The second-order valence-electron chi connectivity index (χ2n) is 5.40. The van der Waals surface area contributed by atoms with Crippen LogP contribution in [0.4, 0.5) is 11.4 Å². The lowest BCUT2D eigenvalue weighted by molar-refractivity contribution is -0.120. The fraction of sp³-hybridized carbons (Fsp3) is 0.111. The molecule has 1 aliphatic rings. The number of imide groups is 1. The van der Waals surface area contributed by atoms with Gasteiger partial charge in [0.25, 0.3) is 11.8 Å². The molecule has 0 fully saturated rings. The molecule has 9 heteroatoms. The van der Waals surface area contributed by atoms with E-state index in [2.05, 4.69) is 5.32 Å². The lowest BCUT2D eigenvalue weighted by atomic mass is 10.2. The van der Waals surface area contributed by atoms with Crippen molar-refractivity contribution in [1.82, 2.24) is 0 Å². The van der Waals surface area contributed by atoms with Crippen molar-refractivity contribution in [2.24, 2.45) is 0 Å². The van der Waals surface area contributed by atoms with Crippen molar-refractivity contribution < 1.29 is 19.1 Å². The molecule has 1 heterocycles. The standard InChI is InChI=1S/C18H13Cl3N2O4/c1-26-9-6-7-11(13(8-9)27-2)22-16-15(21)17(24)23(18(16)25)12-5-3-4-10(19)14(12)20/h3-8,22H,1-2H3. The van der Waals surface area contributed by atoms with Gasteiger partial charge in [0.15, 0.2) is 0 Å². The highest BCUT2D eigenvalue weighted by molar-refractivity contribution is 6.54. The van der Waals surface area contributed by atoms with E-state index >= 15 is 0 Å². The first-order chi connectivity index (χ1) is 12.9. The summed E-state index contributed by atoms with van der Waals surface area (Å²) in [6.07, 6.45) is 0. The smallest absolute Gasteiger partial charge is 0.283 e. The van der Waals surface area contributed by atoms with E-state index in [1.165, 1.54) is 20.3 Å². The Morgan fingerprint density at radius 1 is 0.963 bits per heavy atom. The van der Waals surface area contributed by atoms with E-state index in [1.807, 2.05) is 0 Å². The number of carbonyl (C=O) groups excluding carboxylic acids is 2. The molecule has 2 aromatic carbocycles. The number of anilines is 2. The lowest BCUT2D eigenvalue weighted by Crippen LogP contribution is -2.32. The molecule has 3 rings (SSSR count). The van der Waals surface area contributed by atoms with Crippen LogP contribution in [0.1, 0.15) is 0 Å². The number of nitrogens with one attached hydrogen (secondary N) is 1. The summed E-state index contributed by atoms with van der Waals surface area (Å²) in [6, 6.07) is 9.58. The van der Waals surface area contributed by atoms with Crippen molar-refractivity contribution in [1.29, 1.82) is 0 Å². The Morgan fingerprint density at radius 3 is 2.37 bits per heavy atom. The normalized spacial score (nSPS) is 14.0. The molecular formula is C18H13Cl3N2O4. The van der Waals surface area contributed by atoms with Crippen molar-refractivity contribution in [3.05, 3.63) is 57.2 Å². The third-order valence-electron chi connectivity index (χ3n) is 3.87. The molecule has 2 amide bonds. The molecule has 1 aliphatic heterocycles. The van der Waals surface area contributed by atoms with Crippen LogP contribution >= 0.6 is 34.8 Å². The lowest BCUT2D eigenvalue weighted by Gasteiger charge is -2.17. The third-order valence-corrected chi connectivity index (χ3v) is 5.03. The van der Waals surface area contributed by atoms with Gasteiger partial charge >= 0.3 is 0 Å². The van der Waals surface area contributed by atoms with Crippen LogP contribution in [0.2, 0.25) is 10.0 Å². The second-order valence-corrected chi connectivity index (χ2v) is 6.56. The monoisotopic (exact) mass is 426 g/mol. The predicted octanol–water partition coefficient (Wildman–Crippen LogP) is 4.45. The molecule has 0 unspecified atom stereocenters. The van der Waals surface area contributed by atoms with Crippen LogP contribution in [0, 0.1) is 0 Å². The Bertz CT molecular complexity index is 975. The quantitative estimate of drug-likeness (QED) is 0.714. The number of ether oxygens (including phenoxy) is 2. The number of hydrogen-bond acceptors (Lipinski definition) is 5. The highest BCUT2D eigenvalue weighted by Crippen LogP contribution is 2.38. The van der Waals surface area contributed by atoms with Gasteiger partial charge in [0.2, 0.25) is 0 Å². The van der Waals surface area contributed by atoms with Gasteiger partial charge in [-0.1, -0.05) is 40.9 Å². The van der Waals surface area contributed by atoms with E-state index in [-0.39, 0.29) is 26.5 Å².